The molecule has 0 aliphatic heterocycles. The summed E-state index contributed by atoms with van der Waals surface area (Å²) in [4.78, 5) is 4.75. The van der Waals surface area contributed by atoms with E-state index in [1.165, 1.54) is 17.8 Å². The summed E-state index contributed by atoms with van der Waals surface area (Å²) in [6.45, 7) is 1.89. The maximum absolute atomic E-state index is 13.4. The SMILES string of the molecule is Cc1cnc(Sc2ccccc2F)cc1N. The summed E-state index contributed by atoms with van der Waals surface area (Å²) in [7, 11) is 0. The fourth-order valence-corrected chi connectivity index (χ4v) is 2.04. The average molecular weight is 234 g/mol. The van der Waals surface area contributed by atoms with Crippen LogP contribution in [0, 0.1) is 12.7 Å². The van der Waals surface area contributed by atoms with Crippen molar-refractivity contribution in [3.63, 3.8) is 0 Å². The van der Waals surface area contributed by atoms with Gasteiger partial charge in [-0.25, -0.2) is 9.37 Å². The first-order chi connectivity index (χ1) is 7.66. The van der Waals surface area contributed by atoms with Crippen molar-refractivity contribution in [2.24, 2.45) is 0 Å². The smallest absolute Gasteiger partial charge is 0.137 e. The Bertz CT molecular complexity index is 514. The van der Waals surface area contributed by atoms with E-state index in [1.54, 1.807) is 30.5 Å². The van der Waals surface area contributed by atoms with E-state index in [0.717, 1.165) is 5.56 Å². The zero-order valence-corrected chi connectivity index (χ0v) is 9.59. The van der Waals surface area contributed by atoms with Gasteiger partial charge in [-0.15, -0.1) is 0 Å². The fourth-order valence-electron chi connectivity index (χ4n) is 1.22. The molecule has 0 aliphatic rings. The van der Waals surface area contributed by atoms with Crippen LogP contribution < -0.4 is 5.73 Å². The molecule has 0 unspecified atom stereocenters. The van der Waals surface area contributed by atoms with Crippen molar-refractivity contribution in [2.75, 3.05) is 5.73 Å². The molecular formula is C12H11FN2S. The first-order valence-corrected chi connectivity index (χ1v) is 5.63. The Balaban J connectivity index is 2.28. The van der Waals surface area contributed by atoms with Crippen molar-refractivity contribution in [2.45, 2.75) is 16.8 Å². The van der Waals surface area contributed by atoms with Crippen molar-refractivity contribution < 1.29 is 4.39 Å². The predicted molar refractivity (Wildman–Crippen MR) is 63.9 cm³/mol. The van der Waals surface area contributed by atoms with Gasteiger partial charge in [-0.2, -0.15) is 0 Å². The highest BCUT2D eigenvalue weighted by molar-refractivity contribution is 7.99. The van der Waals surface area contributed by atoms with Gasteiger partial charge in [0.2, 0.25) is 0 Å². The van der Waals surface area contributed by atoms with E-state index in [9.17, 15) is 4.39 Å². The van der Waals surface area contributed by atoms with Gasteiger partial charge < -0.3 is 5.73 Å². The van der Waals surface area contributed by atoms with Gasteiger partial charge in [-0.1, -0.05) is 23.9 Å². The van der Waals surface area contributed by atoms with E-state index in [0.29, 0.717) is 15.6 Å². The third-order valence-corrected chi connectivity index (χ3v) is 3.15. The minimum atomic E-state index is -0.242. The number of hydrogen-bond acceptors (Lipinski definition) is 3. The minimum Gasteiger partial charge on any atom is -0.398 e. The molecule has 16 heavy (non-hydrogen) atoms. The second kappa shape index (κ2) is 4.53. The standard InChI is InChI=1S/C12H11FN2S/c1-8-7-15-12(6-10(8)14)16-11-5-3-2-4-9(11)13/h2-7H,1H3,(H2,14,15). The molecule has 2 N–H and O–H groups in total. The molecule has 0 amide bonds. The fraction of sp³-hybridized carbons (Fsp3) is 0.0833. The number of aryl methyl sites for hydroxylation is 1. The van der Waals surface area contributed by atoms with E-state index < -0.39 is 0 Å². The van der Waals surface area contributed by atoms with Crippen molar-refractivity contribution in [1.29, 1.82) is 0 Å². The van der Waals surface area contributed by atoms with Crippen molar-refractivity contribution in [3.8, 4) is 0 Å². The van der Waals surface area contributed by atoms with Crippen molar-refractivity contribution in [3.05, 3.63) is 47.9 Å². The molecule has 4 heteroatoms. The van der Waals surface area contributed by atoms with Crippen LogP contribution in [0.2, 0.25) is 0 Å². The number of nitrogen functional groups attached to an aromatic ring is 1. The summed E-state index contributed by atoms with van der Waals surface area (Å²) in [5.41, 5.74) is 7.37. The van der Waals surface area contributed by atoms with Gasteiger partial charge in [-0.05, 0) is 30.7 Å². The maximum atomic E-state index is 13.4. The number of benzene rings is 1. The van der Waals surface area contributed by atoms with Crippen LogP contribution in [0.25, 0.3) is 0 Å². The Kier molecular flexibility index (Phi) is 3.10. The lowest BCUT2D eigenvalue weighted by atomic mass is 10.3. The normalized spacial score (nSPS) is 10.4. The van der Waals surface area contributed by atoms with E-state index in [1.807, 2.05) is 6.92 Å². The molecule has 0 fully saturated rings. The van der Waals surface area contributed by atoms with Gasteiger partial charge in [0.1, 0.15) is 10.8 Å². The summed E-state index contributed by atoms with van der Waals surface area (Å²) >= 11 is 1.27. The Hall–Kier alpha value is -1.55. The molecule has 1 aromatic heterocycles. The summed E-state index contributed by atoms with van der Waals surface area (Å²) in [6.07, 6.45) is 1.69. The van der Waals surface area contributed by atoms with Gasteiger partial charge >= 0.3 is 0 Å². The van der Waals surface area contributed by atoms with Crippen LogP contribution in [0.15, 0.2) is 46.5 Å². The van der Waals surface area contributed by atoms with Crippen molar-refractivity contribution >= 4 is 17.4 Å². The highest BCUT2D eigenvalue weighted by atomic mass is 32.2. The number of hydrogen-bond donors (Lipinski definition) is 1. The zero-order chi connectivity index (χ0) is 11.5. The Morgan fingerprint density at radius 2 is 2.06 bits per heavy atom. The lowest BCUT2D eigenvalue weighted by Gasteiger charge is -2.04. The largest absolute Gasteiger partial charge is 0.398 e. The molecule has 0 bridgehead atoms. The molecule has 82 valence electrons. The topological polar surface area (TPSA) is 38.9 Å². The molecule has 1 heterocycles. The van der Waals surface area contributed by atoms with Gasteiger partial charge in [-0.3, -0.25) is 0 Å². The number of halogens is 1. The molecule has 0 spiro atoms. The monoisotopic (exact) mass is 234 g/mol. The van der Waals surface area contributed by atoms with E-state index >= 15 is 0 Å². The van der Waals surface area contributed by atoms with Crippen LogP contribution in [-0.2, 0) is 0 Å². The van der Waals surface area contributed by atoms with Gasteiger partial charge in [0.25, 0.3) is 0 Å². The molecule has 2 rings (SSSR count). The first kappa shape index (κ1) is 11.0. The van der Waals surface area contributed by atoms with Crippen LogP contribution in [-0.4, -0.2) is 4.98 Å². The molecule has 0 radical (unpaired) electrons. The number of anilines is 1. The molecular weight excluding hydrogens is 223 g/mol. The maximum Gasteiger partial charge on any atom is 0.137 e. The highest BCUT2D eigenvalue weighted by Gasteiger charge is 2.05. The van der Waals surface area contributed by atoms with Gasteiger partial charge in [0.15, 0.2) is 0 Å². The average Bonchev–Trinajstić information content (AvgIpc) is 2.27. The Labute approximate surface area is 97.7 Å². The quantitative estimate of drug-likeness (QED) is 0.866. The van der Waals surface area contributed by atoms with E-state index in [4.69, 9.17) is 5.73 Å². The van der Waals surface area contributed by atoms with Crippen LogP contribution in [0.1, 0.15) is 5.56 Å². The third-order valence-electron chi connectivity index (χ3n) is 2.17. The second-order valence-electron chi connectivity index (χ2n) is 3.41. The number of pyridine rings is 1. The molecule has 0 saturated carbocycles. The Morgan fingerprint density at radius 3 is 2.75 bits per heavy atom. The summed E-state index contributed by atoms with van der Waals surface area (Å²) in [6, 6.07) is 8.36. The zero-order valence-electron chi connectivity index (χ0n) is 8.77. The number of aromatic nitrogens is 1. The van der Waals surface area contributed by atoms with Gasteiger partial charge in [0, 0.05) is 16.8 Å². The Morgan fingerprint density at radius 1 is 1.31 bits per heavy atom. The molecule has 0 saturated heterocycles. The number of rotatable bonds is 2. The number of nitrogens with two attached hydrogens (primary N) is 1. The molecule has 2 nitrogen and oxygen atoms in total. The predicted octanol–water partition coefficient (Wildman–Crippen LogP) is 3.26. The van der Waals surface area contributed by atoms with E-state index in [-0.39, 0.29) is 5.82 Å². The second-order valence-corrected chi connectivity index (χ2v) is 4.47. The summed E-state index contributed by atoms with van der Waals surface area (Å²) in [5, 5.41) is 0.702. The van der Waals surface area contributed by atoms with Crippen LogP contribution in [0.5, 0.6) is 0 Å². The first-order valence-electron chi connectivity index (χ1n) is 4.81. The van der Waals surface area contributed by atoms with E-state index in [2.05, 4.69) is 4.98 Å². The number of nitrogens with zero attached hydrogens (tertiary/aromatic N) is 1. The molecule has 1 aromatic carbocycles. The van der Waals surface area contributed by atoms with Crippen LogP contribution in [0.4, 0.5) is 10.1 Å². The molecule has 0 atom stereocenters. The van der Waals surface area contributed by atoms with Crippen LogP contribution in [0.3, 0.4) is 0 Å². The minimum absolute atomic E-state index is 0.242. The van der Waals surface area contributed by atoms with Crippen molar-refractivity contribution in [1.82, 2.24) is 4.98 Å². The third kappa shape index (κ3) is 2.33. The molecule has 0 aliphatic carbocycles. The van der Waals surface area contributed by atoms with Crippen LogP contribution >= 0.6 is 11.8 Å². The molecule has 2 aromatic rings. The summed E-state index contributed by atoms with van der Waals surface area (Å²) in [5.74, 6) is -0.242. The lowest BCUT2D eigenvalue weighted by molar-refractivity contribution is 0.602. The lowest BCUT2D eigenvalue weighted by Crippen LogP contribution is -1.92. The summed E-state index contributed by atoms with van der Waals surface area (Å²) < 4.78 is 13.4. The highest BCUT2D eigenvalue weighted by Crippen LogP contribution is 2.29. The van der Waals surface area contributed by atoms with Gasteiger partial charge in [0.05, 0.1) is 0 Å².